The predicted molar refractivity (Wildman–Crippen MR) is 101 cm³/mol. The zero-order chi connectivity index (χ0) is 16.2. The summed E-state index contributed by atoms with van der Waals surface area (Å²) in [7, 11) is 0. The molecule has 0 radical (unpaired) electrons. The lowest BCUT2D eigenvalue weighted by atomic mass is 10.1. The summed E-state index contributed by atoms with van der Waals surface area (Å²) in [5, 5.41) is 4.55. The van der Waals surface area contributed by atoms with E-state index in [1.54, 1.807) is 4.68 Å². The summed E-state index contributed by atoms with van der Waals surface area (Å²) in [4.78, 5) is 14.6. The fraction of sp³-hybridized carbons (Fsp3) is 0.412. The van der Waals surface area contributed by atoms with Crippen LogP contribution in [0.2, 0.25) is 0 Å². The van der Waals surface area contributed by atoms with Crippen molar-refractivity contribution in [3.63, 3.8) is 0 Å². The number of hydrogen-bond donors (Lipinski definition) is 0. The Kier molecular flexibility index (Phi) is 6.98. The van der Waals surface area contributed by atoms with Crippen LogP contribution in [0.15, 0.2) is 39.6 Å². The Morgan fingerprint density at radius 2 is 1.96 bits per heavy atom. The quantitative estimate of drug-likeness (QED) is 0.772. The molecule has 0 aliphatic carbocycles. The molecule has 7 heteroatoms. The lowest BCUT2D eigenvalue weighted by Crippen LogP contribution is -2.40. The highest BCUT2D eigenvalue weighted by Gasteiger charge is 2.12. The summed E-state index contributed by atoms with van der Waals surface area (Å²) < 4.78 is 7.94. The van der Waals surface area contributed by atoms with Gasteiger partial charge >= 0.3 is 0 Å². The van der Waals surface area contributed by atoms with Gasteiger partial charge in [-0.1, -0.05) is 28.1 Å². The van der Waals surface area contributed by atoms with Crippen LogP contribution in [0.5, 0.6) is 0 Å². The second-order valence-electron chi connectivity index (χ2n) is 5.71. The minimum Gasteiger partial charge on any atom is -0.379 e. The maximum atomic E-state index is 12.3. The lowest BCUT2D eigenvalue weighted by molar-refractivity contribution is 0.0358. The van der Waals surface area contributed by atoms with Crippen molar-refractivity contribution in [2.75, 3.05) is 32.8 Å². The van der Waals surface area contributed by atoms with E-state index in [9.17, 15) is 4.79 Å². The average Bonchev–Trinajstić information content (AvgIpc) is 2.57. The van der Waals surface area contributed by atoms with Crippen molar-refractivity contribution in [3.8, 4) is 11.3 Å². The Balaban J connectivity index is 0.00000208. The number of nitrogens with zero attached hydrogens (tertiary/aromatic N) is 3. The van der Waals surface area contributed by atoms with Crippen molar-refractivity contribution in [2.45, 2.75) is 13.5 Å². The van der Waals surface area contributed by atoms with Gasteiger partial charge in [0.15, 0.2) is 0 Å². The van der Waals surface area contributed by atoms with Crippen molar-refractivity contribution in [1.29, 1.82) is 0 Å². The van der Waals surface area contributed by atoms with Gasteiger partial charge in [0.2, 0.25) is 0 Å². The molecule has 5 nitrogen and oxygen atoms in total. The SMILES string of the molecule is Cc1cc(-c2cccc(Br)c2)nn(CCN2CCOCC2)c1=O.Cl. The molecular formula is C17H21BrClN3O2. The highest BCUT2D eigenvalue weighted by atomic mass is 79.9. The number of morpholine rings is 1. The van der Waals surface area contributed by atoms with Gasteiger partial charge in [-0.3, -0.25) is 9.69 Å². The standard InChI is InChI=1S/C17H20BrN3O2.ClH/c1-13-11-16(14-3-2-4-15(18)12-14)19-21(17(13)22)6-5-20-7-9-23-10-8-20;/h2-4,11-12H,5-10H2,1H3;1H. The van der Waals surface area contributed by atoms with Crippen LogP contribution in [0.1, 0.15) is 5.56 Å². The molecule has 3 rings (SSSR count). The van der Waals surface area contributed by atoms with Crippen LogP contribution in [-0.4, -0.2) is 47.5 Å². The second kappa shape index (κ2) is 8.76. The van der Waals surface area contributed by atoms with E-state index in [1.807, 2.05) is 37.3 Å². The number of halogens is 2. The number of ether oxygens (including phenoxy) is 1. The molecule has 0 amide bonds. The Labute approximate surface area is 156 Å². The summed E-state index contributed by atoms with van der Waals surface area (Å²) in [6.07, 6.45) is 0. The fourth-order valence-electron chi connectivity index (χ4n) is 2.68. The molecule has 1 aliphatic rings. The molecule has 2 aromatic rings. The van der Waals surface area contributed by atoms with Gasteiger partial charge in [-0.05, 0) is 25.1 Å². The Bertz CT molecular complexity index is 745. The third-order valence-corrected chi connectivity index (χ3v) is 4.50. The van der Waals surface area contributed by atoms with E-state index < -0.39 is 0 Å². The topological polar surface area (TPSA) is 47.4 Å². The van der Waals surface area contributed by atoms with Gasteiger partial charge in [-0.2, -0.15) is 5.10 Å². The van der Waals surface area contributed by atoms with Gasteiger partial charge in [0.25, 0.3) is 5.56 Å². The molecule has 0 N–H and O–H groups in total. The maximum absolute atomic E-state index is 12.3. The van der Waals surface area contributed by atoms with Gasteiger partial charge in [-0.25, -0.2) is 4.68 Å². The van der Waals surface area contributed by atoms with E-state index in [1.165, 1.54) is 0 Å². The van der Waals surface area contributed by atoms with Gasteiger partial charge < -0.3 is 4.74 Å². The molecule has 0 unspecified atom stereocenters. The van der Waals surface area contributed by atoms with Crippen LogP contribution < -0.4 is 5.56 Å². The summed E-state index contributed by atoms with van der Waals surface area (Å²) >= 11 is 3.48. The van der Waals surface area contributed by atoms with Crippen molar-refractivity contribution >= 4 is 28.3 Å². The zero-order valence-corrected chi connectivity index (χ0v) is 16.0. The van der Waals surface area contributed by atoms with Crippen LogP contribution in [0.4, 0.5) is 0 Å². The normalized spacial score (nSPS) is 15.1. The fourth-order valence-corrected chi connectivity index (χ4v) is 3.08. The van der Waals surface area contributed by atoms with Crippen molar-refractivity contribution < 1.29 is 4.74 Å². The Hall–Kier alpha value is -1.21. The van der Waals surface area contributed by atoms with E-state index in [-0.39, 0.29) is 18.0 Å². The third-order valence-electron chi connectivity index (χ3n) is 4.01. The molecule has 1 fully saturated rings. The summed E-state index contributed by atoms with van der Waals surface area (Å²) in [5.41, 5.74) is 2.53. The number of aromatic nitrogens is 2. The highest BCUT2D eigenvalue weighted by molar-refractivity contribution is 9.10. The molecule has 1 aromatic heterocycles. The van der Waals surface area contributed by atoms with E-state index >= 15 is 0 Å². The number of rotatable bonds is 4. The van der Waals surface area contributed by atoms with Crippen LogP contribution in [0.3, 0.4) is 0 Å². The van der Waals surface area contributed by atoms with Crippen LogP contribution in [0.25, 0.3) is 11.3 Å². The smallest absolute Gasteiger partial charge is 0.269 e. The highest BCUT2D eigenvalue weighted by Crippen LogP contribution is 2.20. The molecule has 2 heterocycles. The summed E-state index contributed by atoms with van der Waals surface area (Å²) in [6, 6.07) is 9.82. The van der Waals surface area contributed by atoms with E-state index in [2.05, 4.69) is 25.9 Å². The largest absolute Gasteiger partial charge is 0.379 e. The van der Waals surface area contributed by atoms with Crippen LogP contribution in [0, 0.1) is 6.92 Å². The van der Waals surface area contributed by atoms with Crippen molar-refractivity contribution in [2.24, 2.45) is 0 Å². The van der Waals surface area contributed by atoms with Gasteiger partial charge in [0.05, 0.1) is 25.5 Å². The Morgan fingerprint density at radius 3 is 2.67 bits per heavy atom. The van der Waals surface area contributed by atoms with Crippen LogP contribution >= 0.6 is 28.3 Å². The van der Waals surface area contributed by atoms with Gasteiger partial charge in [0, 0.05) is 35.2 Å². The Morgan fingerprint density at radius 1 is 1.21 bits per heavy atom. The molecule has 0 spiro atoms. The maximum Gasteiger partial charge on any atom is 0.269 e. The third kappa shape index (κ3) is 4.66. The molecule has 1 aromatic carbocycles. The van der Waals surface area contributed by atoms with E-state index in [0.29, 0.717) is 6.54 Å². The van der Waals surface area contributed by atoms with Crippen molar-refractivity contribution in [3.05, 3.63) is 50.7 Å². The monoisotopic (exact) mass is 413 g/mol. The molecule has 130 valence electrons. The first-order valence-electron chi connectivity index (χ1n) is 7.78. The first-order chi connectivity index (χ1) is 11.1. The van der Waals surface area contributed by atoms with Crippen LogP contribution in [-0.2, 0) is 11.3 Å². The van der Waals surface area contributed by atoms with Gasteiger partial charge in [-0.15, -0.1) is 12.4 Å². The van der Waals surface area contributed by atoms with E-state index in [4.69, 9.17) is 4.74 Å². The average molecular weight is 415 g/mol. The molecule has 1 saturated heterocycles. The summed E-state index contributed by atoms with van der Waals surface area (Å²) in [6.45, 7) is 6.62. The molecule has 0 bridgehead atoms. The predicted octanol–water partition coefficient (Wildman–Crippen LogP) is 2.74. The van der Waals surface area contributed by atoms with Crippen molar-refractivity contribution in [1.82, 2.24) is 14.7 Å². The number of aryl methyl sites for hydroxylation is 1. The van der Waals surface area contributed by atoms with Gasteiger partial charge in [0.1, 0.15) is 0 Å². The zero-order valence-electron chi connectivity index (χ0n) is 13.6. The number of benzene rings is 1. The lowest BCUT2D eigenvalue weighted by Gasteiger charge is -2.26. The molecule has 24 heavy (non-hydrogen) atoms. The molecular weight excluding hydrogens is 394 g/mol. The molecule has 0 atom stereocenters. The summed E-state index contributed by atoms with van der Waals surface area (Å²) in [5.74, 6) is 0. The minimum atomic E-state index is -0.0167. The first-order valence-corrected chi connectivity index (χ1v) is 8.57. The molecule has 1 aliphatic heterocycles. The molecule has 0 saturated carbocycles. The number of hydrogen-bond acceptors (Lipinski definition) is 4. The first kappa shape index (κ1) is 19.1. The van der Waals surface area contributed by atoms with E-state index in [0.717, 1.165) is 54.1 Å². The second-order valence-corrected chi connectivity index (χ2v) is 6.62. The minimum absolute atomic E-state index is 0.